The lowest BCUT2D eigenvalue weighted by molar-refractivity contribution is -0.124. The van der Waals surface area contributed by atoms with E-state index in [2.05, 4.69) is 15.5 Å². The van der Waals surface area contributed by atoms with Gasteiger partial charge in [-0.25, -0.2) is 0 Å². The Morgan fingerprint density at radius 2 is 1.74 bits per heavy atom. The molecule has 7 heteroatoms. The van der Waals surface area contributed by atoms with E-state index in [1.54, 1.807) is 12.1 Å². The van der Waals surface area contributed by atoms with Crippen molar-refractivity contribution in [1.29, 1.82) is 0 Å². The average molecular weight is 421 g/mol. The number of carbonyl (C=O) groups is 1. The van der Waals surface area contributed by atoms with E-state index < -0.39 is 0 Å². The van der Waals surface area contributed by atoms with E-state index in [9.17, 15) is 4.79 Å². The second-order valence-corrected chi connectivity index (χ2v) is 8.09. The minimum Gasteiger partial charge on any atom is -0.489 e. The lowest BCUT2D eigenvalue weighted by Gasteiger charge is -2.18. The number of aromatic nitrogens is 2. The SMILES string of the molecule is CC(C)C(NC(=O)COc1ccc(OCc2ccccc2)cc1)c1nc(C2CC2)no1. The molecule has 0 aliphatic heterocycles. The van der Waals surface area contributed by atoms with Crippen LogP contribution in [0.3, 0.4) is 0 Å². The third-order valence-corrected chi connectivity index (χ3v) is 5.09. The maximum Gasteiger partial charge on any atom is 0.258 e. The molecule has 1 amide bonds. The second kappa shape index (κ2) is 9.64. The van der Waals surface area contributed by atoms with E-state index in [4.69, 9.17) is 14.0 Å². The van der Waals surface area contributed by atoms with Crippen LogP contribution in [0.25, 0.3) is 0 Å². The summed E-state index contributed by atoms with van der Waals surface area (Å²) in [5.74, 6) is 2.79. The molecule has 0 saturated heterocycles. The van der Waals surface area contributed by atoms with Crippen LogP contribution >= 0.6 is 0 Å². The van der Waals surface area contributed by atoms with Gasteiger partial charge in [0.1, 0.15) is 24.1 Å². The second-order valence-electron chi connectivity index (χ2n) is 8.09. The van der Waals surface area contributed by atoms with Gasteiger partial charge < -0.3 is 19.3 Å². The highest BCUT2D eigenvalue weighted by molar-refractivity contribution is 5.77. The largest absolute Gasteiger partial charge is 0.489 e. The number of hydrogen-bond acceptors (Lipinski definition) is 6. The highest BCUT2D eigenvalue weighted by Crippen LogP contribution is 2.38. The average Bonchev–Trinajstić information content (AvgIpc) is 3.53. The molecule has 7 nitrogen and oxygen atoms in total. The Hall–Kier alpha value is -3.35. The van der Waals surface area contributed by atoms with Crippen LogP contribution in [0.4, 0.5) is 0 Å². The van der Waals surface area contributed by atoms with Crippen LogP contribution < -0.4 is 14.8 Å². The first-order valence-corrected chi connectivity index (χ1v) is 10.6. The fourth-order valence-corrected chi connectivity index (χ4v) is 3.13. The Bertz CT molecular complexity index is 982. The quantitative estimate of drug-likeness (QED) is 0.522. The Balaban J connectivity index is 1.26. The first-order chi connectivity index (χ1) is 15.1. The summed E-state index contributed by atoms with van der Waals surface area (Å²) in [6.07, 6.45) is 2.20. The zero-order valence-corrected chi connectivity index (χ0v) is 17.8. The first-order valence-electron chi connectivity index (χ1n) is 10.6. The number of carbonyl (C=O) groups excluding carboxylic acids is 1. The van der Waals surface area contributed by atoms with Crippen molar-refractivity contribution in [2.45, 2.75) is 45.3 Å². The van der Waals surface area contributed by atoms with Crippen LogP contribution in [0.5, 0.6) is 11.5 Å². The molecule has 0 spiro atoms. The summed E-state index contributed by atoms with van der Waals surface area (Å²) in [7, 11) is 0. The summed E-state index contributed by atoms with van der Waals surface area (Å²) in [6, 6.07) is 16.8. The van der Waals surface area contributed by atoms with Crippen molar-refractivity contribution in [1.82, 2.24) is 15.5 Å². The van der Waals surface area contributed by atoms with E-state index in [1.807, 2.05) is 56.3 Å². The molecule has 0 radical (unpaired) electrons. The van der Waals surface area contributed by atoms with Gasteiger partial charge in [0.15, 0.2) is 12.4 Å². The summed E-state index contributed by atoms with van der Waals surface area (Å²) >= 11 is 0. The third kappa shape index (κ3) is 5.84. The standard InChI is InChI=1S/C24H27N3O4/c1-16(2)22(24-26-23(27-31-24)18-8-9-18)25-21(28)15-30-20-12-10-19(11-13-20)29-14-17-6-4-3-5-7-17/h3-7,10-13,16,18,22H,8-9,14-15H2,1-2H3,(H,25,28). The molecule has 0 bridgehead atoms. The van der Waals surface area contributed by atoms with Gasteiger partial charge in [0.2, 0.25) is 5.89 Å². The molecule has 1 aliphatic rings. The van der Waals surface area contributed by atoms with Crippen molar-refractivity contribution >= 4 is 5.91 Å². The maximum atomic E-state index is 12.4. The molecule has 1 fully saturated rings. The molecule has 2 aromatic carbocycles. The van der Waals surface area contributed by atoms with Gasteiger partial charge in [0.25, 0.3) is 5.91 Å². The van der Waals surface area contributed by atoms with Crippen molar-refractivity contribution in [3.63, 3.8) is 0 Å². The molecule has 4 rings (SSSR count). The van der Waals surface area contributed by atoms with Crippen molar-refractivity contribution in [2.75, 3.05) is 6.61 Å². The van der Waals surface area contributed by atoms with Crippen LogP contribution in [0.1, 0.15) is 55.9 Å². The first kappa shape index (κ1) is 20.9. The molecule has 162 valence electrons. The van der Waals surface area contributed by atoms with Gasteiger partial charge in [-0.3, -0.25) is 4.79 Å². The zero-order valence-electron chi connectivity index (χ0n) is 17.8. The molecule has 1 unspecified atom stereocenters. The van der Waals surface area contributed by atoms with E-state index in [0.29, 0.717) is 24.2 Å². The Morgan fingerprint density at radius 1 is 1.06 bits per heavy atom. The molecule has 1 aromatic heterocycles. The summed E-state index contributed by atoms with van der Waals surface area (Å²) < 4.78 is 16.8. The van der Waals surface area contributed by atoms with Crippen molar-refractivity contribution in [3.05, 3.63) is 71.9 Å². The number of ether oxygens (including phenoxy) is 2. The fraction of sp³-hybridized carbons (Fsp3) is 0.375. The molecule has 3 aromatic rings. The van der Waals surface area contributed by atoms with Crippen LogP contribution in [0, 0.1) is 5.92 Å². The van der Waals surface area contributed by atoms with Gasteiger partial charge in [0, 0.05) is 5.92 Å². The number of nitrogens with zero attached hydrogens (tertiary/aromatic N) is 2. The summed E-state index contributed by atoms with van der Waals surface area (Å²) in [5.41, 5.74) is 1.10. The maximum absolute atomic E-state index is 12.4. The summed E-state index contributed by atoms with van der Waals surface area (Å²) in [6.45, 7) is 4.40. The van der Waals surface area contributed by atoms with E-state index in [0.717, 1.165) is 30.0 Å². The molecule has 31 heavy (non-hydrogen) atoms. The highest BCUT2D eigenvalue weighted by Gasteiger charge is 2.31. The summed E-state index contributed by atoms with van der Waals surface area (Å²) in [4.78, 5) is 16.9. The zero-order chi connectivity index (χ0) is 21.6. The van der Waals surface area contributed by atoms with Gasteiger partial charge in [-0.2, -0.15) is 4.98 Å². The Labute approximate surface area is 181 Å². The minimum atomic E-state index is -0.343. The Morgan fingerprint density at radius 3 is 2.39 bits per heavy atom. The van der Waals surface area contributed by atoms with Gasteiger partial charge in [-0.15, -0.1) is 0 Å². The lowest BCUT2D eigenvalue weighted by Crippen LogP contribution is -2.35. The van der Waals surface area contributed by atoms with Crippen LogP contribution in [-0.4, -0.2) is 22.7 Å². The number of benzene rings is 2. The van der Waals surface area contributed by atoms with Crippen molar-refractivity contribution in [2.24, 2.45) is 5.92 Å². The minimum absolute atomic E-state index is 0.100. The summed E-state index contributed by atoms with van der Waals surface area (Å²) in [5, 5.41) is 6.99. The third-order valence-electron chi connectivity index (χ3n) is 5.09. The smallest absolute Gasteiger partial charge is 0.258 e. The van der Waals surface area contributed by atoms with Gasteiger partial charge in [-0.1, -0.05) is 49.3 Å². The van der Waals surface area contributed by atoms with Crippen molar-refractivity contribution in [3.8, 4) is 11.5 Å². The molecule has 1 aliphatic carbocycles. The monoisotopic (exact) mass is 421 g/mol. The van der Waals surface area contributed by atoms with E-state index >= 15 is 0 Å². The van der Waals surface area contributed by atoms with Crippen LogP contribution in [0.15, 0.2) is 59.1 Å². The fourth-order valence-electron chi connectivity index (χ4n) is 3.13. The number of hydrogen-bond donors (Lipinski definition) is 1. The molecule has 1 atom stereocenters. The van der Waals surface area contributed by atoms with E-state index in [1.165, 1.54) is 0 Å². The molecule has 1 N–H and O–H groups in total. The molecular weight excluding hydrogens is 394 g/mol. The molecule has 1 heterocycles. The van der Waals surface area contributed by atoms with Crippen LogP contribution in [-0.2, 0) is 11.4 Å². The number of rotatable bonds is 10. The highest BCUT2D eigenvalue weighted by atomic mass is 16.5. The number of nitrogens with one attached hydrogen (secondary N) is 1. The van der Waals surface area contributed by atoms with Gasteiger partial charge in [-0.05, 0) is 48.6 Å². The van der Waals surface area contributed by atoms with Crippen LogP contribution in [0.2, 0.25) is 0 Å². The van der Waals surface area contributed by atoms with E-state index in [-0.39, 0.29) is 24.5 Å². The van der Waals surface area contributed by atoms with Gasteiger partial charge in [0.05, 0.1) is 0 Å². The predicted octanol–water partition coefficient (Wildman–Crippen LogP) is 4.42. The predicted molar refractivity (Wildman–Crippen MR) is 115 cm³/mol. The molecular formula is C24H27N3O4. The topological polar surface area (TPSA) is 86.5 Å². The van der Waals surface area contributed by atoms with Gasteiger partial charge >= 0.3 is 0 Å². The molecule has 1 saturated carbocycles. The van der Waals surface area contributed by atoms with Crippen molar-refractivity contribution < 1.29 is 18.8 Å². The Kier molecular flexibility index (Phi) is 6.50. The lowest BCUT2D eigenvalue weighted by atomic mass is 10.0. The normalized spacial score (nSPS) is 14.3. The number of amides is 1.